The van der Waals surface area contributed by atoms with E-state index in [1.54, 1.807) is 32.9 Å². The van der Waals surface area contributed by atoms with Crippen LogP contribution in [-0.2, 0) is 10.3 Å². The smallest absolute Gasteiger partial charge is 0.413 e. The number of hydrogen-bond donors (Lipinski definition) is 2. The van der Waals surface area contributed by atoms with Gasteiger partial charge in [0.2, 0.25) is 0 Å². The summed E-state index contributed by atoms with van der Waals surface area (Å²) in [5.41, 5.74) is 5.69. The molecule has 0 radical (unpaired) electrons. The van der Waals surface area contributed by atoms with Crippen LogP contribution in [0.4, 0.5) is 14.9 Å². The predicted octanol–water partition coefficient (Wildman–Crippen LogP) is 4.28. The number of nitrogens with one attached hydrogen (secondary N) is 1. The molecule has 7 heteroatoms. The fraction of sp³-hybridized carbons (Fsp3) is 0.579. The first-order valence-corrected chi connectivity index (χ1v) is 9.86. The fourth-order valence-electron chi connectivity index (χ4n) is 3.92. The van der Waals surface area contributed by atoms with Gasteiger partial charge in [-0.1, -0.05) is 18.7 Å². The summed E-state index contributed by atoms with van der Waals surface area (Å²) >= 11 is 1.48. The minimum absolute atomic E-state index is 0.211. The second-order valence-corrected chi connectivity index (χ2v) is 9.27. The van der Waals surface area contributed by atoms with Crippen molar-refractivity contribution >= 4 is 28.7 Å². The second kappa shape index (κ2) is 6.76. The summed E-state index contributed by atoms with van der Waals surface area (Å²) in [5, 5.41) is 3.21. The van der Waals surface area contributed by atoms with E-state index in [2.05, 4.69) is 12.2 Å². The Morgan fingerprint density at radius 1 is 1.46 bits per heavy atom. The molecule has 3 N–H and O–H groups in total. The zero-order valence-corrected chi connectivity index (χ0v) is 16.5. The average molecular weight is 380 g/mol. The van der Waals surface area contributed by atoms with Crippen LogP contribution in [0.3, 0.4) is 0 Å². The van der Waals surface area contributed by atoms with Crippen molar-refractivity contribution in [2.45, 2.75) is 51.7 Å². The second-order valence-electron chi connectivity index (χ2n) is 8.26. The van der Waals surface area contributed by atoms with Crippen molar-refractivity contribution in [2.24, 2.45) is 16.8 Å². The van der Waals surface area contributed by atoms with Crippen LogP contribution in [0, 0.1) is 17.7 Å². The van der Waals surface area contributed by atoms with Gasteiger partial charge in [0.05, 0.1) is 5.54 Å². The third kappa shape index (κ3) is 3.82. The van der Waals surface area contributed by atoms with E-state index in [0.29, 0.717) is 22.3 Å². The standard InChI is InChI=1S/C19H26FN3O2S/c1-11-7-12-10-26-16(22-17(24)25-18(2,3)4)23-19(12,9-11)14-8-13(21)5-6-15(14)20/h5-6,8,11-12H,7,9-10,21H2,1-4H3,(H,22,23,24)/t11-,12-,19-/m0/s1. The van der Waals surface area contributed by atoms with E-state index in [-0.39, 0.29) is 11.7 Å². The minimum Gasteiger partial charge on any atom is -0.444 e. The number of thioether (sulfide) groups is 1. The molecule has 0 aromatic heterocycles. The quantitative estimate of drug-likeness (QED) is 0.714. The first-order chi connectivity index (χ1) is 12.1. The number of anilines is 1. The fourth-order valence-corrected chi connectivity index (χ4v) is 5.07. The number of hydrogen-bond acceptors (Lipinski definition) is 5. The van der Waals surface area contributed by atoms with E-state index in [0.717, 1.165) is 18.6 Å². The van der Waals surface area contributed by atoms with Crippen molar-refractivity contribution in [3.05, 3.63) is 29.6 Å². The van der Waals surface area contributed by atoms with Crippen LogP contribution in [0.5, 0.6) is 0 Å². The van der Waals surface area contributed by atoms with Crippen LogP contribution in [-0.4, -0.2) is 22.6 Å². The van der Waals surface area contributed by atoms with E-state index in [9.17, 15) is 9.18 Å². The number of carbonyl (C=O) groups is 1. The van der Waals surface area contributed by atoms with Crippen molar-refractivity contribution in [3.63, 3.8) is 0 Å². The number of alkyl carbamates (subject to hydrolysis) is 1. The zero-order valence-electron chi connectivity index (χ0n) is 15.6. The van der Waals surface area contributed by atoms with Gasteiger partial charge in [-0.05, 0) is 63.6 Å². The van der Waals surface area contributed by atoms with E-state index in [1.165, 1.54) is 17.8 Å². The van der Waals surface area contributed by atoms with Crippen LogP contribution < -0.4 is 11.1 Å². The van der Waals surface area contributed by atoms with Gasteiger partial charge < -0.3 is 10.5 Å². The molecule has 1 heterocycles. The van der Waals surface area contributed by atoms with E-state index in [4.69, 9.17) is 15.5 Å². The molecule has 0 spiro atoms. The molecule has 2 aliphatic rings. The Morgan fingerprint density at radius 2 is 2.19 bits per heavy atom. The summed E-state index contributed by atoms with van der Waals surface area (Å²) in [7, 11) is 0. The Kier molecular flexibility index (Phi) is 4.94. The molecular weight excluding hydrogens is 353 g/mol. The van der Waals surface area contributed by atoms with Crippen LogP contribution in [0.1, 0.15) is 46.1 Å². The van der Waals surface area contributed by atoms with Gasteiger partial charge in [0.15, 0.2) is 5.17 Å². The van der Waals surface area contributed by atoms with E-state index in [1.807, 2.05) is 0 Å². The van der Waals surface area contributed by atoms with Crippen LogP contribution in [0.2, 0.25) is 0 Å². The van der Waals surface area contributed by atoms with Crippen LogP contribution in [0.25, 0.3) is 0 Å². The lowest BCUT2D eigenvalue weighted by Gasteiger charge is -2.37. The molecule has 0 unspecified atom stereocenters. The molecule has 3 rings (SSSR count). The highest BCUT2D eigenvalue weighted by Crippen LogP contribution is 2.53. The highest BCUT2D eigenvalue weighted by molar-refractivity contribution is 8.13. The number of nitrogen functional groups attached to an aromatic ring is 1. The van der Waals surface area contributed by atoms with Crippen molar-refractivity contribution in [3.8, 4) is 0 Å². The molecule has 0 bridgehead atoms. The first kappa shape index (κ1) is 19.0. The number of benzene rings is 1. The van der Waals surface area contributed by atoms with Crippen molar-refractivity contribution in [2.75, 3.05) is 11.5 Å². The molecule has 1 aromatic carbocycles. The summed E-state index contributed by atoms with van der Waals surface area (Å²) in [4.78, 5) is 17.0. The van der Waals surface area contributed by atoms with Crippen molar-refractivity contribution < 1.29 is 13.9 Å². The Bertz CT molecular complexity index is 747. The van der Waals surface area contributed by atoms with Gasteiger partial charge in [0, 0.05) is 17.0 Å². The number of halogens is 1. The SMILES string of the molecule is C[C@H]1C[C@H]2CSC(NC(=O)OC(C)(C)C)=N[C@@]2(c2cc(N)ccc2F)C1. The molecule has 1 aliphatic heterocycles. The largest absolute Gasteiger partial charge is 0.444 e. The highest BCUT2D eigenvalue weighted by Gasteiger charge is 2.51. The molecule has 5 nitrogen and oxygen atoms in total. The Hall–Kier alpha value is -1.76. The monoisotopic (exact) mass is 379 g/mol. The molecular formula is C19H26FN3O2S. The minimum atomic E-state index is -0.686. The van der Waals surface area contributed by atoms with Gasteiger partial charge in [-0.25, -0.2) is 9.18 Å². The topological polar surface area (TPSA) is 76.7 Å². The van der Waals surface area contributed by atoms with Gasteiger partial charge in [-0.3, -0.25) is 10.3 Å². The summed E-state index contributed by atoms with van der Waals surface area (Å²) < 4.78 is 20.0. The van der Waals surface area contributed by atoms with Crippen molar-refractivity contribution in [1.29, 1.82) is 0 Å². The normalized spacial score (nSPS) is 28.3. The van der Waals surface area contributed by atoms with Crippen molar-refractivity contribution in [1.82, 2.24) is 5.32 Å². The maximum atomic E-state index is 14.7. The number of carbonyl (C=O) groups excluding carboxylic acids is 1. The third-order valence-electron chi connectivity index (χ3n) is 4.81. The third-order valence-corrected chi connectivity index (χ3v) is 5.84. The maximum Gasteiger partial charge on any atom is 0.413 e. The van der Waals surface area contributed by atoms with E-state index < -0.39 is 17.2 Å². The maximum absolute atomic E-state index is 14.7. The van der Waals surface area contributed by atoms with Crippen LogP contribution >= 0.6 is 11.8 Å². The van der Waals surface area contributed by atoms with Crippen LogP contribution in [0.15, 0.2) is 23.2 Å². The number of amides is 1. The summed E-state index contributed by atoms with van der Waals surface area (Å²) in [6.07, 6.45) is 1.17. The lowest BCUT2D eigenvalue weighted by Crippen LogP contribution is -2.42. The molecule has 0 saturated heterocycles. The average Bonchev–Trinajstić information content (AvgIpc) is 2.83. The first-order valence-electron chi connectivity index (χ1n) is 8.87. The molecule has 1 aromatic rings. The summed E-state index contributed by atoms with van der Waals surface area (Å²) in [6.45, 7) is 7.58. The summed E-state index contributed by atoms with van der Waals surface area (Å²) in [5.74, 6) is 1.10. The van der Waals surface area contributed by atoms with Gasteiger partial charge >= 0.3 is 6.09 Å². The van der Waals surface area contributed by atoms with Gasteiger partial charge in [-0.15, -0.1) is 0 Å². The number of nitrogens with two attached hydrogens (primary N) is 1. The number of ether oxygens (including phenoxy) is 1. The molecule has 1 fully saturated rings. The number of nitrogens with zero attached hydrogens (tertiary/aromatic N) is 1. The molecule has 1 aliphatic carbocycles. The highest BCUT2D eigenvalue weighted by atomic mass is 32.2. The molecule has 1 amide bonds. The molecule has 142 valence electrons. The molecule has 1 saturated carbocycles. The van der Waals surface area contributed by atoms with E-state index >= 15 is 0 Å². The zero-order chi connectivity index (χ0) is 19.1. The lowest BCUT2D eigenvalue weighted by molar-refractivity contribution is 0.0564. The van der Waals surface area contributed by atoms with Gasteiger partial charge in [-0.2, -0.15) is 0 Å². The lowest BCUT2D eigenvalue weighted by atomic mass is 9.81. The van der Waals surface area contributed by atoms with Gasteiger partial charge in [0.25, 0.3) is 0 Å². The number of amidine groups is 1. The Balaban J connectivity index is 1.96. The number of rotatable bonds is 1. The Morgan fingerprint density at radius 3 is 2.88 bits per heavy atom. The predicted molar refractivity (Wildman–Crippen MR) is 104 cm³/mol. The summed E-state index contributed by atoms with van der Waals surface area (Å²) in [6, 6.07) is 4.65. The molecule has 3 atom stereocenters. The number of aliphatic imine (C=N–C) groups is 1. The Labute approximate surface area is 158 Å². The van der Waals surface area contributed by atoms with Gasteiger partial charge in [0.1, 0.15) is 11.4 Å². The molecule has 26 heavy (non-hydrogen) atoms. The number of fused-ring (bicyclic) bond motifs is 1.